The normalized spacial score (nSPS) is 16.9. The molecule has 12 nitrogen and oxygen atoms in total. The summed E-state index contributed by atoms with van der Waals surface area (Å²) in [6.07, 6.45) is 0.880. The second kappa shape index (κ2) is 13.0. The van der Waals surface area contributed by atoms with E-state index in [2.05, 4.69) is 29.4 Å². The van der Waals surface area contributed by atoms with Crippen molar-refractivity contribution < 1.29 is 33.8 Å². The van der Waals surface area contributed by atoms with Crippen LogP contribution in [0.4, 0.5) is 10.5 Å². The lowest BCUT2D eigenvalue weighted by molar-refractivity contribution is -0.139. The van der Waals surface area contributed by atoms with Gasteiger partial charge in [0.15, 0.2) is 0 Å². The lowest BCUT2D eigenvalue weighted by atomic mass is 9.85. The zero-order chi connectivity index (χ0) is 30.4. The molecule has 2 saturated heterocycles. The number of carbonyl (C=O) groups is 4. The second-order valence-corrected chi connectivity index (χ2v) is 10.9. The molecule has 0 saturated carbocycles. The minimum atomic E-state index is -1.40. The molecular formula is C30H39N5O7. The fourth-order valence-corrected chi connectivity index (χ4v) is 5.67. The Hall–Kier alpha value is -4.48. The Morgan fingerprint density at radius 1 is 0.976 bits per heavy atom. The average molecular weight is 582 g/mol. The Morgan fingerprint density at radius 2 is 1.60 bits per heavy atom. The number of rotatable bonds is 10. The molecule has 2 fully saturated rings. The summed E-state index contributed by atoms with van der Waals surface area (Å²) in [6.45, 7) is 5.60. The molecule has 12 heteroatoms. The first-order chi connectivity index (χ1) is 20.1. The molecule has 3 N–H and O–H groups in total. The van der Waals surface area contributed by atoms with E-state index in [1.165, 1.54) is 14.2 Å². The fraction of sp³-hybridized carbons (Fsp3) is 0.467. The molecule has 2 aromatic rings. The molecule has 2 aromatic carbocycles. The molecule has 1 atom stereocenters. The Labute approximate surface area is 245 Å². The van der Waals surface area contributed by atoms with Gasteiger partial charge in [-0.3, -0.25) is 9.59 Å². The SMILES string of the molecule is COc1cccc(OC)c1C(=O)NC(CNC(=O)N1CCC2(CC1)C(=O)N(CC(C)C)CN2c1ccccc1)C(=O)O. The van der Waals surface area contributed by atoms with E-state index in [0.717, 1.165) is 5.69 Å². The van der Waals surface area contributed by atoms with Gasteiger partial charge in [0.25, 0.3) is 5.91 Å². The number of ether oxygens (including phenoxy) is 2. The monoisotopic (exact) mass is 581 g/mol. The minimum absolute atomic E-state index is 0.0529. The number of methoxy groups -OCH3 is 2. The van der Waals surface area contributed by atoms with Crippen LogP contribution in [0.1, 0.15) is 37.0 Å². The van der Waals surface area contributed by atoms with Crippen molar-refractivity contribution in [2.75, 3.05) is 52.0 Å². The fourth-order valence-electron chi connectivity index (χ4n) is 5.67. The summed E-state index contributed by atoms with van der Waals surface area (Å²) in [5, 5.41) is 14.8. The van der Waals surface area contributed by atoms with Crippen molar-refractivity contribution in [2.45, 2.75) is 38.3 Å². The number of benzene rings is 2. The van der Waals surface area contributed by atoms with Crippen LogP contribution in [0.5, 0.6) is 11.5 Å². The average Bonchev–Trinajstić information content (AvgIpc) is 3.24. The van der Waals surface area contributed by atoms with E-state index in [0.29, 0.717) is 45.1 Å². The highest BCUT2D eigenvalue weighted by atomic mass is 16.5. The topological polar surface area (TPSA) is 141 Å². The van der Waals surface area contributed by atoms with Crippen molar-refractivity contribution in [1.29, 1.82) is 0 Å². The number of carboxylic acids is 1. The Kier molecular flexibility index (Phi) is 9.44. The van der Waals surface area contributed by atoms with E-state index in [-0.39, 0.29) is 29.5 Å². The number of carboxylic acid groups (broad SMARTS) is 1. The van der Waals surface area contributed by atoms with Crippen LogP contribution in [-0.2, 0) is 9.59 Å². The standard InChI is InChI=1S/C30H39N5O7/c1-20(2)18-34-19-35(21-9-6-5-7-10-21)30(28(34)39)13-15-33(16-14-30)29(40)31-17-22(27(37)38)32-26(36)25-23(41-3)11-8-12-24(25)42-4/h5-12,20,22H,13-19H2,1-4H3,(H,31,40)(H,32,36)(H,37,38). The molecule has 1 unspecified atom stereocenters. The molecule has 2 aliphatic heterocycles. The van der Waals surface area contributed by atoms with Gasteiger partial charge in [-0.1, -0.05) is 38.1 Å². The number of amides is 4. The first kappa shape index (κ1) is 30.5. The van der Waals surface area contributed by atoms with Crippen LogP contribution in [0.2, 0.25) is 0 Å². The van der Waals surface area contributed by atoms with Gasteiger partial charge in [0.05, 0.1) is 27.4 Å². The lowest BCUT2D eigenvalue weighted by Crippen LogP contribution is -2.59. The zero-order valence-corrected chi connectivity index (χ0v) is 24.5. The molecule has 0 aromatic heterocycles. The number of anilines is 1. The van der Waals surface area contributed by atoms with Gasteiger partial charge in [-0.25, -0.2) is 9.59 Å². The predicted molar refractivity (Wildman–Crippen MR) is 156 cm³/mol. The highest BCUT2D eigenvalue weighted by Gasteiger charge is 2.54. The molecular weight excluding hydrogens is 542 g/mol. The summed E-state index contributed by atoms with van der Waals surface area (Å²) in [5.41, 5.74) is 0.261. The summed E-state index contributed by atoms with van der Waals surface area (Å²) < 4.78 is 10.5. The largest absolute Gasteiger partial charge is 0.496 e. The van der Waals surface area contributed by atoms with Gasteiger partial charge in [0.2, 0.25) is 5.91 Å². The van der Waals surface area contributed by atoms with Gasteiger partial charge in [0, 0.05) is 25.3 Å². The van der Waals surface area contributed by atoms with E-state index >= 15 is 0 Å². The maximum Gasteiger partial charge on any atom is 0.328 e. The number of urea groups is 1. The van der Waals surface area contributed by atoms with E-state index in [1.54, 1.807) is 23.1 Å². The van der Waals surface area contributed by atoms with Gasteiger partial charge in [0.1, 0.15) is 28.6 Å². The molecule has 4 amide bonds. The third-order valence-electron chi connectivity index (χ3n) is 7.76. The molecule has 2 heterocycles. The maximum absolute atomic E-state index is 13.7. The van der Waals surface area contributed by atoms with Crippen LogP contribution in [-0.4, -0.2) is 97.4 Å². The third kappa shape index (κ3) is 6.22. The zero-order valence-electron chi connectivity index (χ0n) is 24.5. The predicted octanol–water partition coefficient (Wildman–Crippen LogP) is 2.39. The van der Waals surface area contributed by atoms with Gasteiger partial charge in [-0.2, -0.15) is 0 Å². The molecule has 2 aliphatic rings. The van der Waals surface area contributed by atoms with E-state index < -0.39 is 29.5 Å². The van der Waals surface area contributed by atoms with Gasteiger partial charge < -0.3 is 39.9 Å². The first-order valence-electron chi connectivity index (χ1n) is 14.0. The number of hydrogen-bond acceptors (Lipinski definition) is 7. The smallest absolute Gasteiger partial charge is 0.328 e. The number of carbonyl (C=O) groups excluding carboxylic acids is 3. The summed E-state index contributed by atoms with van der Waals surface area (Å²) in [6, 6.07) is 12.7. The minimum Gasteiger partial charge on any atom is -0.496 e. The first-order valence-corrected chi connectivity index (χ1v) is 14.0. The van der Waals surface area contributed by atoms with Gasteiger partial charge >= 0.3 is 12.0 Å². The Bertz CT molecular complexity index is 1270. The lowest BCUT2D eigenvalue weighted by Gasteiger charge is -2.43. The highest BCUT2D eigenvalue weighted by Crippen LogP contribution is 2.39. The van der Waals surface area contributed by atoms with Crippen LogP contribution in [0, 0.1) is 5.92 Å². The molecule has 4 rings (SSSR count). The van der Waals surface area contributed by atoms with Crippen molar-refractivity contribution in [2.24, 2.45) is 5.92 Å². The van der Waals surface area contributed by atoms with Crippen LogP contribution >= 0.6 is 0 Å². The number of nitrogens with zero attached hydrogens (tertiary/aromatic N) is 3. The molecule has 42 heavy (non-hydrogen) atoms. The molecule has 0 bridgehead atoms. The quantitative estimate of drug-likeness (QED) is 0.389. The Balaban J connectivity index is 1.41. The number of hydrogen-bond donors (Lipinski definition) is 3. The van der Waals surface area contributed by atoms with Crippen molar-refractivity contribution in [1.82, 2.24) is 20.4 Å². The van der Waals surface area contributed by atoms with Crippen LogP contribution in [0.25, 0.3) is 0 Å². The van der Waals surface area contributed by atoms with Gasteiger partial charge in [-0.15, -0.1) is 0 Å². The summed E-state index contributed by atoms with van der Waals surface area (Å²) in [7, 11) is 2.78. The molecule has 226 valence electrons. The van der Waals surface area contributed by atoms with Crippen LogP contribution in [0.3, 0.4) is 0 Å². The highest BCUT2D eigenvalue weighted by molar-refractivity contribution is 6.01. The molecule has 0 aliphatic carbocycles. The summed E-state index contributed by atoms with van der Waals surface area (Å²) in [4.78, 5) is 57.4. The number of aliphatic carboxylic acids is 1. The molecule has 0 radical (unpaired) electrons. The van der Waals surface area contributed by atoms with Crippen molar-refractivity contribution in [3.63, 3.8) is 0 Å². The van der Waals surface area contributed by atoms with Crippen molar-refractivity contribution in [3.8, 4) is 11.5 Å². The second-order valence-electron chi connectivity index (χ2n) is 10.9. The maximum atomic E-state index is 13.7. The third-order valence-corrected chi connectivity index (χ3v) is 7.76. The Morgan fingerprint density at radius 3 is 2.14 bits per heavy atom. The van der Waals surface area contributed by atoms with E-state index in [1.807, 2.05) is 35.2 Å². The van der Waals surface area contributed by atoms with Crippen molar-refractivity contribution in [3.05, 3.63) is 54.1 Å². The molecule has 1 spiro atoms. The van der Waals surface area contributed by atoms with Crippen molar-refractivity contribution >= 4 is 29.5 Å². The number of para-hydroxylation sites is 1. The van der Waals surface area contributed by atoms with Crippen LogP contribution < -0.4 is 25.0 Å². The number of piperidine rings is 1. The van der Waals surface area contributed by atoms with Gasteiger partial charge in [-0.05, 0) is 43.0 Å². The van der Waals surface area contributed by atoms with E-state index in [4.69, 9.17) is 9.47 Å². The number of likely N-dealkylation sites (tertiary alicyclic amines) is 1. The summed E-state index contributed by atoms with van der Waals surface area (Å²) in [5.74, 6) is -1.19. The summed E-state index contributed by atoms with van der Waals surface area (Å²) >= 11 is 0. The van der Waals surface area contributed by atoms with E-state index in [9.17, 15) is 24.3 Å². The number of nitrogens with one attached hydrogen (secondary N) is 2. The van der Waals surface area contributed by atoms with Crippen LogP contribution in [0.15, 0.2) is 48.5 Å².